The van der Waals surface area contributed by atoms with Crippen molar-refractivity contribution < 1.29 is 9.53 Å². The number of hydrogen-bond acceptors (Lipinski definition) is 3. The van der Waals surface area contributed by atoms with Crippen LogP contribution in [-0.4, -0.2) is 32.2 Å². The fourth-order valence-electron chi connectivity index (χ4n) is 3.43. The average molecular weight is 352 g/mol. The van der Waals surface area contributed by atoms with E-state index in [1.54, 1.807) is 0 Å². The molecule has 3 rings (SSSR count). The molecule has 0 bridgehead atoms. The van der Waals surface area contributed by atoms with Crippen LogP contribution in [0.1, 0.15) is 31.7 Å². The van der Waals surface area contributed by atoms with Gasteiger partial charge in [0.15, 0.2) is 0 Å². The van der Waals surface area contributed by atoms with Gasteiger partial charge in [0, 0.05) is 24.5 Å². The molecule has 4 heteroatoms. The minimum atomic E-state index is -0.139. The van der Waals surface area contributed by atoms with Gasteiger partial charge in [-0.05, 0) is 35.7 Å². The first kappa shape index (κ1) is 18.5. The van der Waals surface area contributed by atoms with E-state index < -0.39 is 0 Å². The van der Waals surface area contributed by atoms with Gasteiger partial charge in [-0.3, -0.25) is 4.79 Å². The van der Waals surface area contributed by atoms with Crippen molar-refractivity contribution >= 4 is 17.3 Å². The zero-order valence-corrected chi connectivity index (χ0v) is 15.7. The molecule has 1 heterocycles. The van der Waals surface area contributed by atoms with Crippen LogP contribution in [0.5, 0.6) is 0 Å². The molecule has 26 heavy (non-hydrogen) atoms. The molecule has 2 aromatic rings. The number of nitrogens with zero attached hydrogens (tertiary/aromatic N) is 1. The molecule has 0 unspecified atom stereocenters. The van der Waals surface area contributed by atoms with Crippen molar-refractivity contribution in [3.8, 4) is 0 Å². The summed E-state index contributed by atoms with van der Waals surface area (Å²) in [6.45, 7) is 7.63. The standard InChI is InChI=1S/C22H28N2O2/c1-3-17(2)21(18-7-5-4-6-8-18)22(25)23-19-9-11-20(12-10-19)24-13-15-26-16-14-24/h4-12,17,21H,3,13-16H2,1-2H3,(H,23,25)/t17-,21+/m0/s1. The Balaban J connectivity index is 1.70. The van der Waals surface area contributed by atoms with E-state index in [0.29, 0.717) is 0 Å². The Labute approximate surface area is 156 Å². The molecule has 0 aromatic heterocycles. The van der Waals surface area contributed by atoms with Gasteiger partial charge in [-0.15, -0.1) is 0 Å². The van der Waals surface area contributed by atoms with Gasteiger partial charge < -0.3 is 15.0 Å². The lowest BCUT2D eigenvalue weighted by atomic mass is 9.85. The third-order valence-corrected chi connectivity index (χ3v) is 5.17. The molecule has 2 aromatic carbocycles. The van der Waals surface area contributed by atoms with Crippen molar-refractivity contribution in [2.75, 3.05) is 36.5 Å². The van der Waals surface area contributed by atoms with Gasteiger partial charge in [-0.2, -0.15) is 0 Å². The van der Waals surface area contributed by atoms with Gasteiger partial charge in [-0.25, -0.2) is 0 Å². The van der Waals surface area contributed by atoms with Crippen LogP contribution < -0.4 is 10.2 Å². The largest absolute Gasteiger partial charge is 0.378 e. The van der Waals surface area contributed by atoms with E-state index in [-0.39, 0.29) is 17.7 Å². The predicted molar refractivity (Wildman–Crippen MR) is 107 cm³/mol. The number of rotatable bonds is 6. The predicted octanol–water partition coefficient (Wildman–Crippen LogP) is 4.29. The second-order valence-electron chi connectivity index (χ2n) is 6.91. The summed E-state index contributed by atoms with van der Waals surface area (Å²) in [5.74, 6) is 0.204. The molecule has 1 fully saturated rings. The monoisotopic (exact) mass is 352 g/mol. The third kappa shape index (κ3) is 4.44. The van der Waals surface area contributed by atoms with Gasteiger partial charge in [0.2, 0.25) is 5.91 Å². The summed E-state index contributed by atoms with van der Waals surface area (Å²) >= 11 is 0. The number of hydrogen-bond donors (Lipinski definition) is 1. The third-order valence-electron chi connectivity index (χ3n) is 5.17. The molecule has 2 atom stereocenters. The Hall–Kier alpha value is -2.33. The van der Waals surface area contributed by atoms with Crippen LogP contribution in [-0.2, 0) is 9.53 Å². The van der Waals surface area contributed by atoms with Crippen LogP contribution in [0, 0.1) is 5.92 Å². The molecule has 0 saturated carbocycles. The van der Waals surface area contributed by atoms with Crippen LogP contribution in [0.25, 0.3) is 0 Å². The number of carbonyl (C=O) groups excluding carboxylic acids is 1. The van der Waals surface area contributed by atoms with E-state index in [2.05, 4.69) is 36.2 Å². The zero-order chi connectivity index (χ0) is 18.4. The summed E-state index contributed by atoms with van der Waals surface area (Å²) in [5, 5.41) is 3.10. The van der Waals surface area contributed by atoms with Gasteiger partial charge >= 0.3 is 0 Å². The van der Waals surface area contributed by atoms with Crippen molar-refractivity contribution in [1.29, 1.82) is 0 Å². The highest BCUT2D eigenvalue weighted by molar-refractivity contribution is 5.96. The van der Waals surface area contributed by atoms with Gasteiger partial charge in [-0.1, -0.05) is 50.6 Å². The summed E-state index contributed by atoms with van der Waals surface area (Å²) < 4.78 is 5.40. The molecule has 0 radical (unpaired) electrons. The number of benzene rings is 2. The topological polar surface area (TPSA) is 41.6 Å². The summed E-state index contributed by atoms with van der Waals surface area (Å²) in [6.07, 6.45) is 0.961. The minimum Gasteiger partial charge on any atom is -0.378 e. The Morgan fingerprint density at radius 2 is 1.73 bits per heavy atom. The van der Waals surface area contributed by atoms with Crippen molar-refractivity contribution in [3.63, 3.8) is 0 Å². The highest BCUT2D eigenvalue weighted by Gasteiger charge is 2.25. The molecule has 1 amide bonds. The minimum absolute atomic E-state index is 0.0599. The maximum Gasteiger partial charge on any atom is 0.232 e. The molecule has 1 N–H and O–H groups in total. The summed E-state index contributed by atoms with van der Waals surface area (Å²) in [6, 6.07) is 18.2. The highest BCUT2D eigenvalue weighted by Crippen LogP contribution is 2.29. The van der Waals surface area contributed by atoms with Crippen LogP contribution in [0.2, 0.25) is 0 Å². The van der Waals surface area contributed by atoms with E-state index in [4.69, 9.17) is 4.74 Å². The second-order valence-corrected chi connectivity index (χ2v) is 6.91. The lowest BCUT2D eigenvalue weighted by Gasteiger charge is -2.29. The first-order chi connectivity index (χ1) is 12.7. The lowest BCUT2D eigenvalue weighted by Crippen LogP contribution is -2.36. The van der Waals surface area contributed by atoms with Crippen LogP contribution in [0.4, 0.5) is 11.4 Å². The van der Waals surface area contributed by atoms with E-state index in [1.807, 2.05) is 42.5 Å². The van der Waals surface area contributed by atoms with Crippen LogP contribution >= 0.6 is 0 Å². The number of carbonyl (C=O) groups is 1. The molecule has 0 spiro atoms. The average Bonchev–Trinajstić information content (AvgIpc) is 2.70. The summed E-state index contributed by atoms with van der Waals surface area (Å²) in [7, 11) is 0. The molecule has 1 aliphatic heterocycles. The maximum absolute atomic E-state index is 13.0. The lowest BCUT2D eigenvalue weighted by molar-refractivity contribution is -0.118. The van der Waals surface area contributed by atoms with E-state index in [1.165, 1.54) is 5.69 Å². The number of ether oxygens (including phenoxy) is 1. The van der Waals surface area contributed by atoms with E-state index in [0.717, 1.165) is 44.0 Å². The normalized spacial score (nSPS) is 16.8. The second kappa shape index (κ2) is 8.86. The van der Waals surface area contributed by atoms with Crippen LogP contribution in [0.15, 0.2) is 54.6 Å². The first-order valence-electron chi connectivity index (χ1n) is 9.47. The van der Waals surface area contributed by atoms with Crippen LogP contribution in [0.3, 0.4) is 0 Å². The zero-order valence-electron chi connectivity index (χ0n) is 15.7. The fraction of sp³-hybridized carbons (Fsp3) is 0.409. The van der Waals surface area contributed by atoms with E-state index in [9.17, 15) is 4.79 Å². The smallest absolute Gasteiger partial charge is 0.232 e. The Kier molecular flexibility index (Phi) is 6.29. The van der Waals surface area contributed by atoms with Gasteiger partial charge in [0.1, 0.15) is 0 Å². The number of amides is 1. The molecular weight excluding hydrogens is 324 g/mol. The van der Waals surface area contributed by atoms with Crippen molar-refractivity contribution in [2.24, 2.45) is 5.92 Å². The van der Waals surface area contributed by atoms with E-state index >= 15 is 0 Å². The van der Waals surface area contributed by atoms with Crippen molar-refractivity contribution in [3.05, 3.63) is 60.2 Å². The first-order valence-corrected chi connectivity index (χ1v) is 9.47. The number of nitrogens with one attached hydrogen (secondary N) is 1. The van der Waals surface area contributed by atoms with Gasteiger partial charge in [0.05, 0.1) is 19.1 Å². The quantitative estimate of drug-likeness (QED) is 0.843. The Morgan fingerprint density at radius 3 is 2.35 bits per heavy atom. The molecule has 1 saturated heterocycles. The Bertz CT molecular complexity index is 694. The molecular formula is C22H28N2O2. The molecule has 138 valence electrons. The number of morpholine rings is 1. The van der Waals surface area contributed by atoms with Crippen molar-refractivity contribution in [2.45, 2.75) is 26.2 Å². The SMILES string of the molecule is CC[C@H](C)[C@@H](C(=O)Nc1ccc(N2CCOCC2)cc1)c1ccccc1. The number of anilines is 2. The van der Waals surface area contributed by atoms with Crippen molar-refractivity contribution in [1.82, 2.24) is 0 Å². The Morgan fingerprint density at radius 1 is 1.08 bits per heavy atom. The molecule has 4 nitrogen and oxygen atoms in total. The summed E-state index contributed by atoms with van der Waals surface area (Å²) in [4.78, 5) is 15.3. The summed E-state index contributed by atoms with van der Waals surface area (Å²) in [5.41, 5.74) is 3.09. The maximum atomic E-state index is 13.0. The van der Waals surface area contributed by atoms with Gasteiger partial charge in [0.25, 0.3) is 0 Å². The molecule has 1 aliphatic rings. The highest BCUT2D eigenvalue weighted by atomic mass is 16.5. The fourth-order valence-corrected chi connectivity index (χ4v) is 3.43. The molecule has 0 aliphatic carbocycles.